The number of aromatic nitrogens is 1. The first-order valence-electron chi connectivity index (χ1n) is 6.81. The van der Waals surface area contributed by atoms with Gasteiger partial charge in [0, 0.05) is 12.1 Å². The molecule has 0 saturated carbocycles. The predicted molar refractivity (Wildman–Crippen MR) is 83.9 cm³/mol. The van der Waals surface area contributed by atoms with E-state index in [1.165, 1.54) is 18.2 Å². The Labute approximate surface area is 134 Å². The largest absolute Gasteiger partial charge is 0.494 e. The molecular formula is C14H17ClN2O4S. The minimum absolute atomic E-state index is 0.0438. The zero-order chi connectivity index (χ0) is 16.2. The minimum Gasteiger partial charge on any atom is -0.494 e. The lowest BCUT2D eigenvalue weighted by Gasteiger charge is -2.10. The summed E-state index contributed by atoms with van der Waals surface area (Å²) in [5.41, 5.74) is 0. The molecule has 22 heavy (non-hydrogen) atoms. The Morgan fingerprint density at radius 3 is 2.73 bits per heavy atom. The summed E-state index contributed by atoms with van der Waals surface area (Å²) < 4.78 is 37.2. The van der Waals surface area contributed by atoms with Crippen molar-refractivity contribution < 1.29 is 17.7 Å². The van der Waals surface area contributed by atoms with Crippen LogP contribution in [-0.4, -0.2) is 20.2 Å². The number of nitrogens with one attached hydrogen (secondary N) is 1. The van der Waals surface area contributed by atoms with Gasteiger partial charge in [-0.3, -0.25) is 4.72 Å². The summed E-state index contributed by atoms with van der Waals surface area (Å²) in [7, 11) is -3.83. The zero-order valence-electron chi connectivity index (χ0n) is 12.3. The normalized spacial score (nSPS) is 11.4. The number of aryl methyl sites for hydroxylation is 1. The van der Waals surface area contributed by atoms with Gasteiger partial charge in [0.25, 0.3) is 10.0 Å². The topological polar surface area (TPSA) is 81.4 Å². The number of halogens is 1. The Balaban J connectivity index is 2.16. The smallest absolute Gasteiger partial charge is 0.264 e. The summed E-state index contributed by atoms with van der Waals surface area (Å²) in [6, 6.07) is 5.94. The Morgan fingerprint density at radius 2 is 2.14 bits per heavy atom. The fourth-order valence-corrected chi connectivity index (χ4v) is 3.25. The highest BCUT2D eigenvalue weighted by Crippen LogP contribution is 2.28. The van der Waals surface area contributed by atoms with Crippen molar-refractivity contribution in [1.29, 1.82) is 0 Å². The van der Waals surface area contributed by atoms with Crippen LogP contribution in [0.3, 0.4) is 0 Å². The first-order valence-corrected chi connectivity index (χ1v) is 8.67. The SMILES string of the molecule is CCCCOc1ccc(S(=O)(=O)Nc2cc(C)on2)c(Cl)c1. The van der Waals surface area contributed by atoms with Gasteiger partial charge in [-0.15, -0.1) is 0 Å². The van der Waals surface area contributed by atoms with Crippen LogP contribution >= 0.6 is 11.6 Å². The molecule has 0 aliphatic heterocycles. The second-order valence-electron chi connectivity index (χ2n) is 4.72. The Kier molecular flexibility index (Phi) is 5.31. The van der Waals surface area contributed by atoms with Crippen molar-refractivity contribution in [1.82, 2.24) is 5.16 Å². The van der Waals surface area contributed by atoms with Crippen molar-refractivity contribution in [3.8, 4) is 5.75 Å². The van der Waals surface area contributed by atoms with E-state index in [1.54, 1.807) is 13.0 Å². The number of hydrogen-bond acceptors (Lipinski definition) is 5. The number of unbranched alkanes of at least 4 members (excludes halogenated alkanes) is 1. The van der Waals surface area contributed by atoms with Crippen LogP contribution in [0.2, 0.25) is 5.02 Å². The standard InChI is InChI=1S/C14H17ClN2O4S/c1-3-4-7-20-11-5-6-13(12(15)9-11)22(18,19)17-14-8-10(2)21-16-14/h5-6,8-9H,3-4,7H2,1-2H3,(H,16,17). The number of nitrogens with zero attached hydrogens (tertiary/aromatic N) is 1. The molecular weight excluding hydrogens is 328 g/mol. The molecule has 0 aliphatic carbocycles. The van der Waals surface area contributed by atoms with Crippen LogP contribution in [0.15, 0.2) is 33.7 Å². The summed E-state index contributed by atoms with van der Waals surface area (Å²) in [5, 5.41) is 3.68. The first kappa shape index (κ1) is 16.6. The van der Waals surface area contributed by atoms with E-state index in [4.69, 9.17) is 20.9 Å². The number of sulfonamides is 1. The molecule has 6 nitrogen and oxygen atoms in total. The summed E-state index contributed by atoms with van der Waals surface area (Å²) in [6.45, 7) is 4.29. The number of rotatable bonds is 7. The number of ether oxygens (including phenoxy) is 1. The van der Waals surface area contributed by atoms with E-state index in [-0.39, 0.29) is 15.7 Å². The highest BCUT2D eigenvalue weighted by atomic mass is 35.5. The van der Waals surface area contributed by atoms with Crippen LogP contribution in [0.5, 0.6) is 5.75 Å². The van der Waals surface area contributed by atoms with Crippen LogP contribution in [0, 0.1) is 6.92 Å². The third kappa shape index (κ3) is 4.14. The van der Waals surface area contributed by atoms with E-state index in [0.29, 0.717) is 18.1 Å². The van der Waals surface area contributed by atoms with Crippen molar-refractivity contribution in [2.75, 3.05) is 11.3 Å². The molecule has 1 aromatic heterocycles. The van der Waals surface area contributed by atoms with Crippen molar-refractivity contribution in [3.63, 3.8) is 0 Å². The average molecular weight is 345 g/mol. The van der Waals surface area contributed by atoms with Gasteiger partial charge in [0.15, 0.2) is 5.82 Å². The van der Waals surface area contributed by atoms with E-state index in [0.717, 1.165) is 12.8 Å². The Bertz CT molecular complexity index is 743. The van der Waals surface area contributed by atoms with Gasteiger partial charge in [-0.25, -0.2) is 8.42 Å². The van der Waals surface area contributed by atoms with Crippen LogP contribution in [-0.2, 0) is 10.0 Å². The third-order valence-electron chi connectivity index (χ3n) is 2.83. The van der Waals surface area contributed by atoms with Crippen molar-refractivity contribution in [2.24, 2.45) is 0 Å². The second kappa shape index (κ2) is 7.02. The molecule has 2 aromatic rings. The molecule has 0 aliphatic rings. The molecule has 8 heteroatoms. The molecule has 0 atom stereocenters. The highest BCUT2D eigenvalue weighted by Gasteiger charge is 2.20. The third-order valence-corrected chi connectivity index (χ3v) is 4.66. The van der Waals surface area contributed by atoms with Gasteiger partial charge in [-0.05, 0) is 25.5 Å². The summed E-state index contributed by atoms with van der Waals surface area (Å²) >= 11 is 6.06. The maximum absolute atomic E-state index is 12.3. The lowest BCUT2D eigenvalue weighted by Crippen LogP contribution is -2.13. The summed E-state index contributed by atoms with van der Waals surface area (Å²) in [5.74, 6) is 1.15. The quantitative estimate of drug-likeness (QED) is 0.776. The minimum atomic E-state index is -3.83. The molecule has 0 spiro atoms. The predicted octanol–water partition coefficient (Wildman–Crippen LogP) is 3.62. The van der Waals surface area contributed by atoms with E-state index in [1.807, 2.05) is 0 Å². The molecule has 0 saturated heterocycles. The summed E-state index contributed by atoms with van der Waals surface area (Å²) in [6.07, 6.45) is 1.94. The molecule has 0 bridgehead atoms. The lowest BCUT2D eigenvalue weighted by atomic mass is 10.3. The number of anilines is 1. The fraction of sp³-hybridized carbons (Fsp3) is 0.357. The Morgan fingerprint density at radius 1 is 1.36 bits per heavy atom. The van der Waals surface area contributed by atoms with Gasteiger partial charge >= 0.3 is 0 Å². The van der Waals surface area contributed by atoms with Gasteiger partial charge in [0.1, 0.15) is 16.4 Å². The number of benzene rings is 1. The fourth-order valence-electron chi connectivity index (χ4n) is 1.73. The maximum Gasteiger partial charge on any atom is 0.264 e. The number of hydrogen-bond donors (Lipinski definition) is 1. The Hall–Kier alpha value is -1.73. The molecule has 1 N–H and O–H groups in total. The van der Waals surface area contributed by atoms with Gasteiger partial charge < -0.3 is 9.26 Å². The molecule has 1 heterocycles. The molecule has 120 valence electrons. The van der Waals surface area contributed by atoms with Crippen molar-refractivity contribution in [3.05, 3.63) is 35.0 Å². The van der Waals surface area contributed by atoms with Crippen LogP contribution in [0.1, 0.15) is 25.5 Å². The van der Waals surface area contributed by atoms with Gasteiger partial charge in [0.05, 0.1) is 11.6 Å². The maximum atomic E-state index is 12.3. The van der Waals surface area contributed by atoms with Crippen molar-refractivity contribution in [2.45, 2.75) is 31.6 Å². The molecule has 0 radical (unpaired) electrons. The molecule has 2 rings (SSSR count). The average Bonchev–Trinajstić information content (AvgIpc) is 2.83. The zero-order valence-corrected chi connectivity index (χ0v) is 13.9. The van der Waals surface area contributed by atoms with E-state index in [9.17, 15) is 8.42 Å². The lowest BCUT2D eigenvalue weighted by molar-refractivity contribution is 0.309. The molecule has 1 aromatic carbocycles. The van der Waals surface area contributed by atoms with E-state index < -0.39 is 10.0 Å². The van der Waals surface area contributed by atoms with Crippen molar-refractivity contribution >= 4 is 27.4 Å². The molecule has 0 fully saturated rings. The second-order valence-corrected chi connectivity index (χ2v) is 6.78. The molecule has 0 unspecified atom stereocenters. The molecule has 0 amide bonds. The van der Waals surface area contributed by atoms with Gasteiger partial charge in [0.2, 0.25) is 0 Å². The van der Waals surface area contributed by atoms with E-state index >= 15 is 0 Å². The van der Waals surface area contributed by atoms with Crippen LogP contribution in [0.4, 0.5) is 5.82 Å². The van der Waals surface area contributed by atoms with Crippen LogP contribution < -0.4 is 9.46 Å². The highest BCUT2D eigenvalue weighted by molar-refractivity contribution is 7.92. The monoisotopic (exact) mass is 344 g/mol. The first-order chi connectivity index (χ1) is 10.4. The van der Waals surface area contributed by atoms with Gasteiger partial charge in [-0.1, -0.05) is 30.1 Å². The van der Waals surface area contributed by atoms with Crippen LogP contribution in [0.25, 0.3) is 0 Å². The van der Waals surface area contributed by atoms with Gasteiger partial charge in [-0.2, -0.15) is 0 Å². The summed E-state index contributed by atoms with van der Waals surface area (Å²) in [4.78, 5) is -0.0438. The van der Waals surface area contributed by atoms with E-state index in [2.05, 4.69) is 16.8 Å².